The molecule has 2 fully saturated rings. The Morgan fingerprint density at radius 1 is 0.907 bits per heavy atom. The molecule has 7 nitrogen and oxygen atoms in total. The second-order valence-corrected chi connectivity index (χ2v) is 12.0. The van der Waals surface area contributed by atoms with Gasteiger partial charge < -0.3 is 4.74 Å². The standard InChI is InChI=1S/C35H27ClN2O5/c1-18-3-5-21(6-4-18)32(39)19(2)43-35(42)27-17-29(37-28-14-11-24(36)16-26(27)28)20-9-12-25(13-10-20)38-33(40)30-22-7-8-23(15-22)31(30)34(38)41/h3-14,16-17,19,22-23,30-31H,15H2,1-2H3. The number of ketones is 1. The van der Waals surface area contributed by atoms with Crippen LogP contribution in [0.25, 0.3) is 22.2 Å². The summed E-state index contributed by atoms with van der Waals surface area (Å²) in [5.74, 6) is -1.53. The molecule has 1 aliphatic heterocycles. The molecule has 3 aliphatic rings. The minimum atomic E-state index is -1.01. The quantitative estimate of drug-likeness (QED) is 0.109. The zero-order chi connectivity index (χ0) is 30.0. The molecule has 43 heavy (non-hydrogen) atoms. The van der Waals surface area contributed by atoms with E-state index in [1.165, 1.54) is 4.90 Å². The van der Waals surface area contributed by atoms with Gasteiger partial charge in [0.1, 0.15) is 0 Å². The molecule has 0 radical (unpaired) electrons. The summed E-state index contributed by atoms with van der Waals surface area (Å²) in [5.41, 5.74) is 3.91. The number of pyridine rings is 1. The highest BCUT2D eigenvalue weighted by Gasteiger charge is 2.59. The van der Waals surface area contributed by atoms with Gasteiger partial charge in [0.25, 0.3) is 0 Å². The van der Waals surface area contributed by atoms with Gasteiger partial charge in [0.2, 0.25) is 17.6 Å². The number of esters is 1. The summed E-state index contributed by atoms with van der Waals surface area (Å²) in [6.45, 7) is 3.48. The first-order valence-corrected chi connectivity index (χ1v) is 14.7. The summed E-state index contributed by atoms with van der Waals surface area (Å²) in [5, 5.41) is 0.925. The minimum absolute atomic E-state index is 0.138. The lowest BCUT2D eigenvalue weighted by molar-refractivity contribution is -0.123. The van der Waals surface area contributed by atoms with Gasteiger partial charge in [-0.05, 0) is 68.5 Å². The van der Waals surface area contributed by atoms with Crippen LogP contribution in [0.15, 0.2) is 84.9 Å². The molecule has 2 bridgehead atoms. The molecule has 1 aromatic heterocycles. The maximum atomic E-state index is 13.5. The van der Waals surface area contributed by atoms with Gasteiger partial charge in [0.05, 0.1) is 34.3 Å². The molecule has 3 aromatic carbocycles. The van der Waals surface area contributed by atoms with Crippen LogP contribution in [0.4, 0.5) is 5.69 Å². The summed E-state index contributed by atoms with van der Waals surface area (Å²) in [6, 6.07) is 20.8. The summed E-state index contributed by atoms with van der Waals surface area (Å²) < 4.78 is 5.64. The number of amides is 2. The van der Waals surface area contributed by atoms with Crippen molar-refractivity contribution in [2.24, 2.45) is 23.7 Å². The fraction of sp³-hybridized carbons (Fsp3) is 0.229. The molecule has 2 heterocycles. The zero-order valence-electron chi connectivity index (χ0n) is 23.5. The van der Waals surface area contributed by atoms with Crippen molar-refractivity contribution in [1.29, 1.82) is 0 Å². The zero-order valence-corrected chi connectivity index (χ0v) is 24.2. The number of aryl methyl sites for hydroxylation is 1. The van der Waals surface area contributed by atoms with Gasteiger partial charge in [-0.3, -0.25) is 19.3 Å². The molecule has 2 aliphatic carbocycles. The molecule has 5 unspecified atom stereocenters. The van der Waals surface area contributed by atoms with Crippen LogP contribution in [0.3, 0.4) is 0 Å². The van der Waals surface area contributed by atoms with Crippen LogP contribution in [-0.2, 0) is 14.3 Å². The number of rotatable bonds is 6. The Balaban J connectivity index is 1.18. The lowest BCUT2D eigenvalue weighted by atomic mass is 9.85. The topological polar surface area (TPSA) is 93.6 Å². The number of Topliss-reactive ketones (excluding diaryl/α,β-unsaturated/α-hetero) is 1. The Bertz CT molecular complexity index is 1830. The third-order valence-electron chi connectivity index (χ3n) is 8.87. The molecule has 4 aromatic rings. The average molecular weight is 591 g/mol. The Morgan fingerprint density at radius 3 is 2.21 bits per heavy atom. The number of aromatic nitrogens is 1. The molecule has 0 spiro atoms. The van der Waals surface area contributed by atoms with Gasteiger partial charge >= 0.3 is 5.97 Å². The highest BCUT2D eigenvalue weighted by molar-refractivity contribution is 6.31. The molecule has 1 saturated carbocycles. The van der Waals surface area contributed by atoms with E-state index in [4.69, 9.17) is 21.3 Å². The predicted octanol–water partition coefficient (Wildman–Crippen LogP) is 6.60. The van der Waals surface area contributed by atoms with E-state index in [1.54, 1.807) is 67.6 Å². The molecule has 7 rings (SSSR count). The van der Waals surface area contributed by atoms with E-state index in [-0.39, 0.29) is 46.8 Å². The Morgan fingerprint density at radius 2 is 1.56 bits per heavy atom. The predicted molar refractivity (Wildman–Crippen MR) is 163 cm³/mol. The lowest BCUT2D eigenvalue weighted by Crippen LogP contribution is -2.32. The normalized spacial score (nSPS) is 22.7. The van der Waals surface area contributed by atoms with E-state index in [0.717, 1.165) is 12.0 Å². The number of imide groups is 1. The van der Waals surface area contributed by atoms with E-state index in [9.17, 15) is 19.2 Å². The highest BCUT2D eigenvalue weighted by atomic mass is 35.5. The number of benzene rings is 3. The van der Waals surface area contributed by atoms with E-state index in [1.807, 2.05) is 19.1 Å². The van der Waals surface area contributed by atoms with E-state index >= 15 is 0 Å². The van der Waals surface area contributed by atoms with Crippen molar-refractivity contribution in [2.45, 2.75) is 26.4 Å². The van der Waals surface area contributed by atoms with Crippen LogP contribution < -0.4 is 4.90 Å². The first kappa shape index (κ1) is 27.2. The summed E-state index contributed by atoms with van der Waals surface area (Å²) in [4.78, 5) is 59.0. The van der Waals surface area contributed by atoms with Crippen molar-refractivity contribution in [2.75, 3.05) is 4.90 Å². The molecule has 5 atom stereocenters. The average Bonchev–Trinajstić information content (AvgIpc) is 3.70. The van der Waals surface area contributed by atoms with E-state index in [2.05, 4.69) is 12.2 Å². The van der Waals surface area contributed by atoms with Crippen molar-refractivity contribution in [3.8, 4) is 11.3 Å². The molecule has 8 heteroatoms. The van der Waals surface area contributed by atoms with Crippen LogP contribution in [0.1, 0.15) is 39.6 Å². The van der Waals surface area contributed by atoms with E-state index < -0.39 is 12.1 Å². The largest absolute Gasteiger partial charge is 0.451 e. The molecular weight excluding hydrogens is 564 g/mol. The Hall–Kier alpha value is -4.62. The monoisotopic (exact) mass is 590 g/mol. The smallest absolute Gasteiger partial charge is 0.339 e. The third kappa shape index (κ3) is 4.55. The number of halogens is 1. The van der Waals surface area contributed by atoms with Gasteiger partial charge in [-0.25, -0.2) is 9.78 Å². The fourth-order valence-electron chi connectivity index (χ4n) is 6.68. The number of ether oxygens (including phenoxy) is 1. The second kappa shape index (κ2) is 10.3. The van der Waals surface area contributed by atoms with Crippen LogP contribution in [-0.4, -0.2) is 34.7 Å². The number of hydrogen-bond donors (Lipinski definition) is 0. The second-order valence-electron chi connectivity index (χ2n) is 11.6. The number of anilines is 1. The first-order valence-electron chi connectivity index (χ1n) is 14.3. The van der Waals surface area contributed by atoms with Gasteiger partial charge in [-0.2, -0.15) is 0 Å². The van der Waals surface area contributed by atoms with Crippen molar-refractivity contribution in [3.05, 3.63) is 107 Å². The van der Waals surface area contributed by atoms with Crippen LogP contribution in [0, 0.1) is 30.6 Å². The minimum Gasteiger partial charge on any atom is -0.451 e. The van der Waals surface area contributed by atoms with Gasteiger partial charge in [0.15, 0.2) is 6.10 Å². The number of carbonyl (C=O) groups is 4. The Labute approximate surface area is 253 Å². The van der Waals surface area contributed by atoms with Crippen LogP contribution >= 0.6 is 11.6 Å². The number of fused-ring (bicyclic) bond motifs is 6. The van der Waals surface area contributed by atoms with Crippen LogP contribution in [0.2, 0.25) is 5.02 Å². The first-order chi connectivity index (χ1) is 20.7. The Kier molecular flexibility index (Phi) is 6.51. The molecular formula is C35H27ClN2O5. The molecule has 2 amide bonds. The third-order valence-corrected chi connectivity index (χ3v) is 9.11. The number of carbonyl (C=O) groups excluding carboxylic acids is 4. The summed E-state index contributed by atoms with van der Waals surface area (Å²) in [7, 11) is 0. The van der Waals surface area contributed by atoms with Crippen molar-refractivity contribution >= 4 is 51.8 Å². The maximum absolute atomic E-state index is 13.5. The van der Waals surface area contributed by atoms with Crippen molar-refractivity contribution < 1.29 is 23.9 Å². The van der Waals surface area contributed by atoms with E-state index in [0.29, 0.717) is 38.4 Å². The van der Waals surface area contributed by atoms with Gasteiger partial charge in [-0.15, -0.1) is 0 Å². The molecule has 1 saturated heterocycles. The fourth-order valence-corrected chi connectivity index (χ4v) is 6.86. The van der Waals surface area contributed by atoms with Gasteiger partial charge in [-0.1, -0.05) is 65.7 Å². The SMILES string of the molecule is Cc1ccc(C(=O)C(C)OC(=O)c2cc(-c3ccc(N4C(=O)C5C6C=CC(C6)C5C4=O)cc3)nc3ccc(Cl)cc23)cc1. The maximum Gasteiger partial charge on any atom is 0.339 e. The summed E-state index contributed by atoms with van der Waals surface area (Å²) in [6.07, 6.45) is 4.01. The lowest BCUT2D eigenvalue weighted by Gasteiger charge is -2.18. The number of hydrogen-bond acceptors (Lipinski definition) is 6. The van der Waals surface area contributed by atoms with Crippen molar-refractivity contribution in [3.63, 3.8) is 0 Å². The van der Waals surface area contributed by atoms with Crippen molar-refractivity contribution in [1.82, 2.24) is 4.98 Å². The van der Waals surface area contributed by atoms with Crippen LogP contribution in [0.5, 0.6) is 0 Å². The molecule has 0 N–H and O–H groups in total. The van der Waals surface area contributed by atoms with Gasteiger partial charge in [0, 0.05) is 21.5 Å². The number of nitrogens with zero attached hydrogens (tertiary/aromatic N) is 2. The number of allylic oxidation sites excluding steroid dienone is 2. The molecule has 214 valence electrons. The summed E-state index contributed by atoms with van der Waals surface area (Å²) >= 11 is 6.26. The highest BCUT2D eigenvalue weighted by Crippen LogP contribution is 2.53.